The van der Waals surface area contributed by atoms with Gasteiger partial charge in [-0.15, -0.1) is 0 Å². The Morgan fingerprint density at radius 1 is 0.667 bits per heavy atom. The zero-order chi connectivity index (χ0) is 15.8. The lowest BCUT2D eigenvalue weighted by molar-refractivity contribution is 0.640. The summed E-state index contributed by atoms with van der Waals surface area (Å²) in [4.78, 5) is 16.2. The van der Waals surface area contributed by atoms with E-state index < -0.39 is 0 Å². The third-order valence-electron chi connectivity index (χ3n) is 3.01. The maximum absolute atomic E-state index is 5.69. The molecule has 0 atom stereocenters. The van der Waals surface area contributed by atoms with Gasteiger partial charge >= 0.3 is 0 Å². The molecule has 0 unspecified atom stereocenters. The van der Waals surface area contributed by atoms with Crippen molar-refractivity contribution in [3.8, 4) is 0 Å². The second-order valence-corrected chi connectivity index (χ2v) is 4.27. The lowest BCUT2D eigenvalue weighted by atomic mass is 10.1. The number of anilines is 2. The maximum Gasteiger partial charge on any atom is 0.232 e. The monoisotopic (exact) mass is 299 g/mol. The Bertz CT molecular complexity index is 339. The van der Waals surface area contributed by atoms with E-state index in [0.29, 0.717) is 30.8 Å². The highest BCUT2D eigenvalue weighted by Crippen LogP contribution is 2.17. The smallest absolute Gasteiger partial charge is 0.232 e. The fourth-order valence-electron chi connectivity index (χ4n) is 1.62. The standard InChI is InChI=1S/C10H25N11/c11-1-7(2-12)8-17-9(20(3-13)4-14)19-10(18-8)21(5-15)6-16/h7H,1-6,11-16H2. The number of nitrogens with zero attached hydrogens (tertiary/aromatic N) is 5. The molecule has 0 fully saturated rings. The van der Waals surface area contributed by atoms with Crippen molar-refractivity contribution >= 4 is 11.9 Å². The third-order valence-corrected chi connectivity index (χ3v) is 3.01. The maximum atomic E-state index is 5.69. The minimum absolute atomic E-state index is 0.167. The van der Waals surface area contributed by atoms with Crippen molar-refractivity contribution in [2.24, 2.45) is 34.4 Å². The van der Waals surface area contributed by atoms with E-state index in [9.17, 15) is 0 Å². The van der Waals surface area contributed by atoms with E-state index in [2.05, 4.69) is 15.0 Å². The molecule has 11 nitrogen and oxygen atoms in total. The second kappa shape index (κ2) is 8.61. The van der Waals surface area contributed by atoms with Gasteiger partial charge in [0.2, 0.25) is 11.9 Å². The SMILES string of the molecule is NCC(CN)c1nc(N(CN)CN)nc(N(CN)CN)n1. The molecule has 120 valence electrons. The Labute approximate surface area is 123 Å². The summed E-state index contributed by atoms with van der Waals surface area (Å²) in [6.45, 7) is 1.30. The van der Waals surface area contributed by atoms with Crippen LogP contribution in [-0.2, 0) is 0 Å². The van der Waals surface area contributed by atoms with Crippen LogP contribution in [0.5, 0.6) is 0 Å². The Morgan fingerprint density at radius 3 is 1.33 bits per heavy atom. The average molecular weight is 299 g/mol. The van der Waals surface area contributed by atoms with Crippen LogP contribution in [0.2, 0.25) is 0 Å². The predicted molar refractivity (Wildman–Crippen MR) is 81.9 cm³/mol. The van der Waals surface area contributed by atoms with Crippen LogP contribution in [0.4, 0.5) is 11.9 Å². The van der Waals surface area contributed by atoms with Gasteiger partial charge in [-0.25, -0.2) is 0 Å². The molecule has 21 heavy (non-hydrogen) atoms. The first-order chi connectivity index (χ1) is 10.1. The van der Waals surface area contributed by atoms with Gasteiger partial charge in [-0.05, 0) is 0 Å². The van der Waals surface area contributed by atoms with Crippen LogP contribution in [0, 0.1) is 0 Å². The summed E-state index contributed by atoms with van der Waals surface area (Å²) in [5, 5.41) is 0. The van der Waals surface area contributed by atoms with Crippen molar-refractivity contribution in [1.82, 2.24) is 15.0 Å². The molecule has 0 spiro atoms. The number of nitrogens with two attached hydrogens (primary N) is 6. The number of aromatic nitrogens is 3. The van der Waals surface area contributed by atoms with E-state index in [1.807, 2.05) is 0 Å². The number of hydrogen-bond donors (Lipinski definition) is 6. The molecule has 1 rings (SSSR count). The Hall–Kier alpha value is -1.63. The summed E-state index contributed by atoms with van der Waals surface area (Å²) in [5.41, 5.74) is 33.9. The van der Waals surface area contributed by atoms with Crippen molar-refractivity contribution in [1.29, 1.82) is 0 Å². The van der Waals surface area contributed by atoms with E-state index in [-0.39, 0.29) is 32.6 Å². The number of hydrogen-bond acceptors (Lipinski definition) is 11. The Morgan fingerprint density at radius 2 is 1.05 bits per heavy atom. The lowest BCUT2D eigenvalue weighted by Crippen LogP contribution is -2.40. The molecule has 1 heterocycles. The predicted octanol–water partition coefficient (Wildman–Crippen LogP) is -3.85. The fourth-order valence-corrected chi connectivity index (χ4v) is 1.62. The quantitative estimate of drug-likeness (QED) is 0.244. The van der Waals surface area contributed by atoms with Crippen molar-refractivity contribution in [2.75, 3.05) is 49.6 Å². The summed E-state index contributed by atoms with van der Waals surface area (Å²) in [5.74, 6) is 0.969. The average Bonchev–Trinajstić information content (AvgIpc) is 2.51. The first-order valence-electron chi connectivity index (χ1n) is 6.61. The van der Waals surface area contributed by atoms with E-state index in [1.54, 1.807) is 9.80 Å². The third kappa shape index (κ3) is 4.17. The van der Waals surface area contributed by atoms with Crippen molar-refractivity contribution in [3.05, 3.63) is 5.82 Å². The highest BCUT2D eigenvalue weighted by molar-refractivity contribution is 5.39. The number of rotatable bonds is 9. The van der Waals surface area contributed by atoms with Gasteiger partial charge < -0.3 is 44.2 Å². The summed E-state index contributed by atoms with van der Waals surface area (Å²) in [7, 11) is 0. The molecule has 0 aliphatic rings. The van der Waals surface area contributed by atoms with Gasteiger partial charge in [-0.3, -0.25) is 0 Å². The van der Waals surface area contributed by atoms with Crippen LogP contribution in [0.1, 0.15) is 11.7 Å². The highest BCUT2D eigenvalue weighted by atomic mass is 15.4. The fraction of sp³-hybridized carbons (Fsp3) is 0.700. The molecule has 12 N–H and O–H groups in total. The van der Waals surface area contributed by atoms with Crippen molar-refractivity contribution in [3.63, 3.8) is 0 Å². The molecular formula is C10H25N11. The van der Waals surface area contributed by atoms with Gasteiger partial charge in [0.25, 0.3) is 0 Å². The molecule has 0 bridgehead atoms. The molecule has 11 heteroatoms. The summed E-state index contributed by atoms with van der Waals surface area (Å²) < 4.78 is 0. The van der Waals surface area contributed by atoms with Crippen LogP contribution in [0.25, 0.3) is 0 Å². The van der Waals surface area contributed by atoms with Gasteiger partial charge in [0.15, 0.2) is 0 Å². The van der Waals surface area contributed by atoms with Gasteiger partial charge in [0.05, 0.1) is 26.7 Å². The normalized spacial score (nSPS) is 11.0. The molecule has 0 saturated heterocycles. The lowest BCUT2D eigenvalue weighted by Gasteiger charge is -2.24. The zero-order valence-corrected chi connectivity index (χ0v) is 12.0. The van der Waals surface area contributed by atoms with Crippen molar-refractivity contribution in [2.45, 2.75) is 5.92 Å². The van der Waals surface area contributed by atoms with Gasteiger partial charge in [-0.2, -0.15) is 15.0 Å². The van der Waals surface area contributed by atoms with E-state index in [4.69, 9.17) is 34.4 Å². The highest BCUT2D eigenvalue weighted by Gasteiger charge is 2.19. The van der Waals surface area contributed by atoms with E-state index in [1.165, 1.54) is 0 Å². The molecule has 0 aliphatic carbocycles. The van der Waals surface area contributed by atoms with Crippen LogP contribution in [0.15, 0.2) is 0 Å². The molecule has 0 aliphatic heterocycles. The Balaban J connectivity index is 3.30. The first-order valence-corrected chi connectivity index (χ1v) is 6.61. The van der Waals surface area contributed by atoms with E-state index >= 15 is 0 Å². The topological polar surface area (TPSA) is 201 Å². The van der Waals surface area contributed by atoms with Crippen LogP contribution >= 0.6 is 0 Å². The summed E-state index contributed by atoms with van der Waals surface area (Å²) in [6.07, 6.45) is 0. The summed E-state index contributed by atoms with van der Waals surface area (Å²) >= 11 is 0. The van der Waals surface area contributed by atoms with Gasteiger partial charge in [0.1, 0.15) is 5.82 Å². The minimum Gasteiger partial charge on any atom is -0.330 e. The van der Waals surface area contributed by atoms with Crippen LogP contribution in [-0.4, -0.2) is 54.7 Å². The first kappa shape index (κ1) is 17.4. The van der Waals surface area contributed by atoms with E-state index in [0.717, 1.165) is 0 Å². The minimum atomic E-state index is -0.194. The van der Waals surface area contributed by atoms with Gasteiger partial charge in [0, 0.05) is 19.0 Å². The van der Waals surface area contributed by atoms with Gasteiger partial charge in [-0.1, -0.05) is 0 Å². The molecule has 1 aromatic heterocycles. The van der Waals surface area contributed by atoms with Crippen molar-refractivity contribution < 1.29 is 0 Å². The summed E-state index contributed by atoms with van der Waals surface area (Å²) in [6, 6.07) is 0. The Kier molecular flexibility index (Phi) is 7.14. The molecule has 0 radical (unpaired) electrons. The molecule has 0 aromatic carbocycles. The molecule has 0 saturated carbocycles. The van der Waals surface area contributed by atoms with Crippen LogP contribution in [0.3, 0.4) is 0 Å². The zero-order valence-electron chi connectivity index (χ0n) is 12.0. The molecule has 0 amide bonds. The second-order valence-electron chi connectivity index (χ2n) is 4.27. The van der Waals surface area contributed by atoms with Crippen LogP contribution < -0.4 is 44.2 Å². The molecule has 1 aromatic rings. The molecular weight excluding hydrogens is 274 g/mol. The largest absolute Gasteiger partial charge is 0.330 e.